The van der Waals surface area contributed by atoms with E-state index in [0.29, 0.717) is 41.4 Å². The van der Waals surface area contributed by atoms with Crippen molar-refractivity contribution >= 4 is 28.6 Å². The number of ketones is 1. The van der Waals surface area contributed by atoms with Gasteiger partial charge in [-0.05, 0) is 87.5 Å². The van der Waals surface area contributed by atoms with Gasteiger partial charge >= 0.3 is 5.97 Å². The first kappa shape index (κ1) is 24.8. The van der Waals surface area contributed by atoms with Crippen molar-refractivity contribution < 1.29 is 24.3 Å². The van der Waals surface area contributed by atoms with Crippen LogP contribution in [0, 0.1) is 38.7 Å². The van der Waals surface area contributed by atoms with E-state index in [2.05, 4.69) is 23.7 Å². The van der Waals surface area contributed by atoms with Crippen LogP contribution >= 0.6 is 11.8 Å². The summed E-state index contributed by atoms with van der Waals surface area (Å²) in [7, 11) is 0. The van der Waals surface area contributed by atoms with Crippen molar-refractivity contribution in [3.8, 4) is 0 Å². The summed E-state index contributed by atoms with van der Waals surface area (Å²) in [4.78, 5) is 44.5. The molecular formula is C26H36N2O6S. The van der Waals surface area contributed by atoms with Gasteiger partial charge in [-0.15, -0.1) is 10.1 Å². The molecule has 5 aliphatic rings. The number of thioether (sulfide) groups is 1. The first-order valence-corrected chi connectivity index (χ1v) is 14.0. The molecule has 8 atom stereocenters. The number of hydrogen-bond acceptors (Lipinski definition) is 8. The Morgan fingerprint density at radius 1 is 1.20 bits per heavy atom. The van der Waals surface area contributed by atoms with Gasteiger partial charge in [0, 0.05) is 17.1 Å². The second-order valence-corrected chi connectivity index (χ2v) is 12.9. The van der Waals surface area contributed by atoms with Gasteiger partial charge in [0.05, 0.1) is 12.6 Å². The SMILES string of the molecule is CC1N=C(C(=O)OC2CCC3C4CCC5=CC(=O)CCC5(C)C4CCC23C)SC1CCO[N+](=O)[O-]. The molecule has 4 aliphatic carbocycles. The fourth-order valence-electron chi connectivity index (χ4n) is 8.07. The Morgan fingerprint density at radius 2 is 2.00 bits per heavy atom. The van der Waals surface area contributed by atoms with E-state index in [0.717, 1.165) is 44.9 Å². The first-order chi connectivity index (χ1) is 16.6. The first-order valence-electron chi connectivity index (χ1n) is 13.1. The smallest absolute Gasteiger partial charge is 0.363 e. The lowest BCUT2D eigenvalue weighted by Crippen LogP contribution is -2.51. The van der Waals surface area contributed by atoms with E-state index in [1.807, 2.05) is 13.0 Å². The molecular weight excluding hydrogens is 468 g/mol. The Hall–Kier alpha value is -1.90. The summed E-state index contributed by atoms with van der Waals surface area (Å²) < 4.78 is 6.15. The fraction of sp³-hybridized carbons (Fsp3) is 0.808. The van der Waals surface area contributed by atoms with E-state index < -0.39 is 5.09 Å². The second-order valence-electron chi connectivity index (χ2n) is 11.7. The van der Waals surface area contributed by atoms with Crippen LogP contribution in [0.4, 0.5) is 0 Å². The van der Waals surface area contributed by atoms with Gasteiger partial charge in [0.15, 0.2) is 10.8 Å². The molecule has 0 amide bonds. The minimum absolute atomic E-state index is 0.00175. The van der Waals surface area contributed by atoms with Crippen molar-refractivity contribution in [2.24, 2.45) is 33.6 Å². The van der Waals surface area contributed by atoms with E-state index in [9.17, 15) is 19.7 Å². The molecule has 0 bridgehead atoms. The lowest BCUT2D eigenvalue weighted by molar-refractivity contribution is -0.757. The van der Waals surface area contributed by atoms with Gasteiger partial charge < -0.3 is 9.57 Å². The maximum absolute atomic E-state index is 13.1. The maximum atomic E-state index is 13.1. The zero-order valence-corrected chi connectivity index (χ0v) is 21.7. The summed E-state index contributed by atoms with van der Waals surface area (Å²) in [6, 6.07) is -0.104. The molecule has 1 heterocycles. The van der Waals surface area contributed by atoms with Crippen molar-refractivity contribution in [2.75, 3.05) is 6.61 Å². The zero-order chi connectivity index (χ0) is 25.0. The highest BCUT2D eigenvalue weighted by molar-refractivity contribution is 8.16. The van der Waals surface area contributed by atoms with Crippen LogP contribution in [0.5, 0.6) is 0 Å². The molecule has 9 heteroatoms. The van der Waals surface area contributed by atoms with Gasteiger partial charge in [-0.3, -0.25) is 9.79 Å². The molecule has 0 N–H and O–H groups in total. The molecule has 8 nitrogen and oxygen atoms in total. The van der Waals surface area contributed by atoms with Gasteiger partial charge in [0.1, 0.15) is 6.10 Å². The molecule has 8 unspecified atom stereocenters. The lowest BCUT2D eigenvalue weighted by atomic mass is 9.47. The summed E-state index contributed by atoms with van der Waals surface area (Å²) in [5.74, 6) is 1.72. The van der Waals surface area contributed by atoms with Crippen LogP contribution in [0.1, 0.15) is 78.6 Å². The summed E-state index contributed by atoms with van der Waals surface area (Å²) in [6.07, 6.45) is 10.2. The second kappa shape index (κ2) is 9.20. The number of rotatable bonds is 6. The fourth-order valence-corrected chi connectivity index (χ4v) is 9.20. The van der Waals surface area contributed by atoms with Crippen LogP contribution in [0.2, 0.25) is 0 Å². The van der Waals surface area contributed by atoms with Gasteiger partial charge in [-0.1, -0.05) is 31.2 Å². The van der Waals surface area contributed by atoms with Crippen LogP contribution in [0.3, 0.4) is 0 Å². The van der Waals surface area contributed by atoms with Gasteiger partial charge in [0.2, 0.25) is 0 Å². The highest BCUT2D eigenvalue weighted by atomic mass is 32.2. The number of nitrogens with zero attached hydrogens (tertiary/aromatic N) is 2. The van der Waals surface area contributed by atoms with Crippen LogP contribution in [-0.2, 0) is 19.2 Å². The highest BCUT2D eigenvalue weighted by Gasteiger charge is 2.60. The number of fused-ring (bicyclic) bond motifs is 5. The Morgan fingerprint density at radius 3 is 2.77 bits per heavy atom. The molecule has 0 aromatic heterocycles. The van der Waals surface area contributed by atoms with Crippen molar-refractivity contribution in [3.63, 3.8) is 0 Å². The summed E-state index contributed by atoms with van der Waals surface area (Å²) >= 11 is 1.36. The van der Waals surface area contributed by atoms with Crippen LogP contribution in [0.25, 0.3) is 0 Å². The molecule has 0 saturated heterocycles. The Bertz CT molecular complexity index is 981. The van der Waals surface area contributed by atoms with Crippen LogP contribution in [-0.4, -0.2) is 45.9 Å². The van der Waals surface area contributed by atoms with Gasteiger partial charge in [-0.25, -0.2) is 4.79 Å². The van der Waals surface area contributed by atoms with E-state index in [4.69, 9.17) is 4.74 Å². The van der Waals surface area contributed by atoms with E-state index in [-0.39, 0.29) is 40.8 Å². The largest absolute Gasteiger partial charge is 0.457 e. The monoisotopic (exact) mass is 504 g/mol. The van der Waals surface area contributed by atoms with Crippen molar-refractivity contribution in [2.45, 2.75) is 96.0 Å². The lowest BCUT2D eigenvalue weighted by Gasteiger charge is -2.57. The molecule has 0 aromatic carbocycles. The average Bonchev–Trinajstić information content (AvgIpc) is 3.34. The third kappa shape index (κ3) is 4.31. The molecule has 192 valence electrons. The van der Waals surface area contributed by atoms with Crippen molar-refractivity contribution in [1.29, 1.82) is 0 Å². The number of aliphatic imine (C=N–C) groups is 1. The molecule has 3 fully saturated rings. The molecule has 3 saturated carbocycles. The Balaban J connectivity index is 1.23. The molecule has 0 radical (unpaired) electrons. The Kier molecular flexibility index (Phi) is 6.51. The van der Waals surface area contributed by atoms with Crippen LogP contribution in [0.15, 0.2) is 16.6 Å². The number of carbonyl (C=O) groups is 2. The van der Waals surface area contributed by atoms with Crippen LogP contribution < -0.4 is 0 Å². The third-order valence-corrected chi connectivity index (χ3v) is 11.4. The molecule has 0 spiro atoms. The number of hydrogen-bond donors (Lipinski definition) is 0. The van der Waals surface area contributed by atoms with Crippen molar-refractivity contribution in [3.05, 3.63) is 21.8 Å². The topological polar surface area (TPSA) is 108 Å². The summed E-state index contributed by atoms with van der Waals surface area (Å²) in [6.45, 7) is 6.63. The summed E-state index contributed by atoms with van der Waals surface area (Å²) in [5.41, 5.74) is 1.50. The quantitative estimate of drug-likeness (QED) is 0.287. The highest BCUT2D eigenvalue weighted by Crippen LogP contribution is 2.65. The Labute approximate surface area is 210 Å². The molecule has 35 heavy (non-hydrogen) atoms. The minimum atomic E-state index is -0.788. The van der Waals surface area contributed by atoms with E-state index in [1.54, 1.807) is 0 Å². The normalized spacial score (nSPS) is 42.3. The number of allylic oxidation sites excluding steroid dienone is 1. The average molecular weight is 505 g/mol. The summed E-state index contributed by atoms with van der Waals surface area (Å²) in [5, 5.41) is 9.99. The van der Waals surface area contributed by atoms with E-state index >= 15 is 0 Å². The third-order valence-electron chi connectivity index (χ3n) is 10.0. The van der Waals surface area contributed by atoms with Gasteiger partial charge in [-0.2, -0.15) is 0 Å². The molecule has 5 rings (SSSR count). The minimum Gasteiger partial charge on any atom is -0.457 e. The zero-order valence-electron chi connectivity index (χ0n) is 20.9. The predicted octanol–water partition coefficient (Wildman–Crippen LogP) is 4.93. The molecule has 1 aliphatic heterocycles. The molecule has 0 aromatic rings. The standard InChI is InChI=1S/C26H36N2O6S/c1-15-21(10-13-33-28(31)32)35-23(27-15)24(30)34-22-7-6-19-18-5-4-16-14-17(29)8-11-25(16,2)20(18)9-12-26(19,22)3/h14-15,18-22H,4-13H2,1-3H3. The predicted molar refractivity (Wildman–Crippen MR) is 132 cm³/mol. The van der Waals surface area contributed by atoms with Crippen molar-refractivity contribution in [1.82, 2.24) is 0 Å². The number of ether oxygens (including phenoxy) is 1. The van der Waals surface area contributed by atoms with Gasteiger partial charge in [0.25, 0.3) is 5.09 Å². The number of carbonyl (C=O) groups excluding carboxylic acids is 2. The van der Waals surface area contributed by atoms with E-state index in [1.165, 1.54) is 17.3 Å². The maximum Gasteiger partial charge on any atom is 0.363 e. The number of esters is 1.